The molecule has 7 heteroatoms. The maximum Gasteiger partial charge on any atom is 0.250 e. The molecule has 1 aliphatic rings. The molecule has 2 aromatic carbocycles. The largest absolute Gasteiger partial charge is 0.304 e. The van der Waals surface area contributed by atoms with Gasteiger partial charge in [0.2, 0.25) is 5.91 Å². The van der Waals surface area contributed by atoms with Gasteiger partial charge in [0.1, 0.15) is 6.33 Å². The molecule has 0 saturated carbocycles. The lowest BCUT2D eigenvalue weighted by atomic mass is 10.1. The molecule has 7 nitrogen and oxygen atoms in total. The third-order valence-corrected chi connectivity index (χ3v) is 5.78. The van der Waals surface area contributed by atoms with Crippen molar-refractivity contribution in [3.8, 4) is 5.69 Å². The Labute approximate surface area is 177 Å². The summed E-state index contributed by atoms with van der Waals surface area (Å²) >= 11 is 0. The summed E-state index contributed by atoms with van der Waals surface area (Å²) in [5.74, 6) is -0.0860. The highest BCUT2D eigenvalue weighted by molar-refractivity contribution is 5.82. The monoisotopic (exact) mass is 407 g/mol. The van der Waals surface area contributed by atoms with Crippen molar-refractivity contribution in [2.75, 3.05) is 47.4 Å². The van der Waals surface area contributed by atoms with Gasteiger partial charge in [-0.25, -0.2) is 10.0 Å². The van der Waals surface area contributed by atoms with Gasteiger partial charge < -0.3 is 4.90 Å². The van der Waals surface area contributed by atoms with Gasteiger partial charge in [0.25, 0.3) is 0 Å². The lowest BCUT2D eigenvalue weighted by Gasteiger charge is -2.32. The number of hydrogen-bond donors (Lipinski definition) is 0. The fourth-order valence-electron chi connectivity index (χ4n) is 3.83. The van der Waals surface area contributed by atoms with Gasteiger partial charge in [-0.05, 0) is 42.4 Å². The third kappa shape index (κ3) is 4.53. The molecule has 0 N–H and O–H groups in total. The van der Waals surface area contributed by atoms with E-state index in [4.69, 9.17) is 4.84 Å². The van der Waals surface area contributed by atoms with Gasteiger partial charge >= 0.3 is 0 Å². The molecule has 0 atom stereocenters. The summed E-state index contributed by atoms with van der Waals surface area (Å²) in [4.78, 5) is 26.6. The molecule has 0 unspecified atom stereocenters. The molecule has 4 rings (SSSR count). The van der Waals surface area contributed by atoms with E-state index < -0.39 is 0 Å². The Morgan fingerprint density at radius 1 is 1.10 bits per heavy atom. The molecule has 1 aliphatic heterocycles. The van der Waals surface area contributed by atoms with E-state index in [0.29, 0.717) is 0 Å². The van der Waals surface area contributed by atoms with Crippen LogP contribution in [0.15, 0.2) is 48.8 Å². The van der Waals surface area contributed by atoms with Crippen LogP contribution in [-0.2, 0) is 22.6 Å². The van der Waals surface area contributed by atoms with Crippen molar-refractivity contribution in [2.45, 2.75) is 13.0 Å². The van der Waals surface area contributed by atoms with E-state index in [9.17, 15) is 4.79 Å². The molecule has 3 aromatic rings. The predicted molar refractivity (Wildman–Crippen MR) is 117 cm³/mol. The van der Waals surface area contributed by atoms with Gasteiger partial charge in [-0.3, -0.25) is 19.1 Å². The highest BCUT2D eigenvalue weighted by Gasteiger charge is 2.15. The molecule has 1 amide bonds. The predicted octanol–water partition coefficient (Wildman–Crippen LogP) is 2.34. The summed E-state index contributed by atoms with van der Waals surface area (Å²) < 4.78 is 2.09. The minimum atomic E-state index is -0.0860. The Bertz CT molecular complexity index is 1020. The number of piperazine rings is 1. The first kappa shape index (κ1) is 20.5. The summed E-state index contributed by atoms with van der Waals surface area (Å²) in [5, 5.41) is 1.25. The van der Waals surface area contributed by atoms with Crippen molar-refractivity contribution in [1.82, 2.24) is 24.4 Å². The second kappa shape index (κ2) is 8.95. The zero-order chi connectivity index (χ0) is 21.1. The molecule has 0 bridgehead atoms. The maximum absolute atomic E-state index is 12.2. The van der Waals surface area contributed by atoms with Crippen molar-refractivity contribution >= 4 is 16.9 Å². The lowest BCUT2D eigenvalue weighted by Crippen LogP contribution is -2.43. The van der Waals surface area contributed by atoms with Crippen molar-refractivity contribution in [1.29, 1.82) is 0 Å². The molecule has 30 heavy (non-hydrogen) atoms. The number of aromatic nitrogens is 2. The number of fused-ring (bicyclic) bond motifs is 1. The summed E-state index contributed by atoms with van der Waals surface area (Å²) in [5.41, 5.74) is 5.23. The number of nitrogens with zero attached hydrogens (tertiary/aromatic N) is 5. The summed E-state index contributed by atoms with van der Waals surface area (Å²) in [7, 11) is 5.29. The van der Waals surface area contributed by atoms with E-state index in [-0.39, 0.29) is 12.3 Å². The molecule has 2 heterocycles. The summed E-state index contributed by atoms with van der Waals surface area (Å²) in [6, 6.07) is 14.6. The molecule has 1 aromatic heterocycles. The van der Waals surface area contributed by atoms with Gasteiger partial charge in [0, 0.05) is 45.5 Å². The lowest BCUT2D eigenvalue weighted by molar-refractivity contribution is -0.167. The number of hydroxylamine groups is 2. The SMILES string of the molecule is CON(C)C(=O)Cc1ccc2ncn(-c3cccc(CN4CCN(C)CC4)c3)c2c1. The van der Waals surface area contributed by atoms with E-state index in [1.165, 1.54) is 17.7 Å². The Balaban J connectivity index is 1.57. The first-order valence-corrected chi connectivity index (χ1v) is 10.3. The number of carbonyl (C=O) groups excluding carboxylic acids is 1. The van der Waals surface area contributed by atoms with Crippen LogP contribution in [0, 0.1) is 0 Å². The molecule has 158 valence electrons. The van der Waals surface area contributed by atoms with E-state index in [0.717, 1.165) is 55.0 Å². The summed E-state index contributed by atoms with van der Waals surface area (Å²) in [6.45, 7) is 5.39. The second-order valence-electron chi connectivity index (χ2n) is 7.94. The van der Waals surface area contributed by atoms with Gasteiger partial charge in [0.15, 0.2) is 0 Å². The minimum Gasteiger partial charge on any atom is -0.304 e. The van der Waals surface area contributed by atoms with Gasteiger partial charge in [-0.1, -0.05) is 18.2 Å². The van der Waals surface area contributed by atoms with Crippen LogP contribution in [0.2, 0.25) is 0 Å². The minimum absolute atomic E-state index is 0.0860. The van der Waals surface area contributed by atoms with E-state index in [1.807, 2.05) is 24.5 Å². The zero-order valence-electron chi connectivity index (χ0n) is 17.9. The van der Waals surface area contributed by atoms with Crippen LogP contribution < -0.4 is 0 Å². The average Bonchev–Trinajstić information content (AvgIpc) is 3.18. The average molecular weight is 408 g/mol. The quantitative estimate of drug-likeness (QED) is 0.587. The van der Waals surface area contributed by atoms with E-state index in [1.54, 1.807) is 7.05 Å². The first-order valence-electron chi connectivity index (χ1n) is 10.3. The first-order chi connectivity index (χ1) is 14.5. The Morgan fingerprint density at radius 2 is 1.90 bits per heavy atom. The Hall–Kier alpha value is -2.74. The highest BCUT2D eigenvalue weighted by Crippen LogP contribution is 2.21. The van der Waals surface area contributed by atoms with Crippen molar-refractivity contribution in [2.24, 2.45) is 0 Å². The Morgan fingerprint density at radius 3 is 2.67 bits per heavy atom. The van der Waals surface area contributed by atoms with Crippen LogP contribution >= 0.6 is 0 Å². The molecule has 0 radical (unpaired) electrons. The number of hydrogen-bond acceptors (Lipinski definition) is 5. The standard InChI is InChI=1S/C23H29N5O2/c1-25-9-11-27(12-10-25)16-19-5-4-6-20(13-19)28-17-24-21-8-7-18(14-22(21)28)15-23(29)26(2)30-3/h4-8,13-14,17H,9-12,15-16H2,1-3H3. The van der Waals surface area contributed by atoms with Crippen LogP contribution in [0.3, 0.4) is 0 Å². The molecule has 0 aliphatic carbocycles. The molecule has 0 spiro atoms. The molecular formula is C23H29N5O2. The van der Waals surface area contributed by atoms with Crippen LogP contribution in [0.1, 0.15) is 11.1 Å². The van der Waals surface area contributed by atoms with E-state index >= 15 is 0 Å². The summed E-state index contributed by atoms with van der Waals surface area (Å²) in [6.07, 6.45) is 2.14. The van der Waals surface area contributed by atoms with Crippen LogP contribution in [0.5, 0.6) is 0 Å². The molecular weight excluding hydrogens is 378 g/mol. The van der Waals surface area contributed by atoms with Crippen LogP contribution in [0.25, 0.3) is 16.7 Å². The van der Waals surface area contributed by atoms with Crippen molar-refractivity contribution < 1.29 is 9.63 Å². The molecule has 1 fully saturated rings. The van der Waals surface area contributed by atoms with Crippen LogP contribution in [0.4, 0.5) is 0 Å². The third-order valence-electron chi connectivity index (χ3n) is 5.78. The fourth-order valence-corrected chi connectivity index (χ4v) is 3.83. The normalized spacial score (nSPS) is 15.6. The van der Waals surface area contributed by atoms with E-state index in [2.05, 4.69) is 50.7 Å². The topological polar surface area (TPSA) is 53.8 Å². The van der Waals surface area contributed by atoms with Gasteiger partial charge in [-0.2, -0.15) is 0 Å². The number of rotatable bonds is 6. The van der Waals surface area contributed by atoms with Crippen LogP contribution in [-0.4, -0.2) is 77.7 Å². The van der Waals surface area contributed by atoms with Crippen molar-refractivity contribution in [3.63, 3.8) is 0 Å². The van der Waals surface area contributed by atoms with Gasteiger partial charge in [-0.15, -0.1) is 0 Å². The number of imidazole rings is 1. The number of carbonyl (C=O) groups is 1. The second-order valence-corrected chi connectivity index (χ2v) is 7.94. The fraction of sp³-hybridized carbons (Fsp3) is 0.391. The Kier molecular flexibility index (Phi) is 6.13. The number of likely N-dealkylation sites (N-methyl/N-ethyl adjacent to an activating group) is 2. The number of amides is 1. The highest BCUT2D eigenvalue weighted by atomic mass is 16.7. The maximum atomic E-state index is 12.2. The number of benzene rings is 2. The van der Waals surface area contributed by atoms with Crippen molar-refractivity contribution in [3.05, 3.63) is 59.9 Å². The smallest absolute Gasteiger partial charge is 0.250 e. The zero-order valence-corrected chi connectivity index (χ0v) is 17.9. The molecule has 1 saturated heterocycles. The van der Waals surface area contributed by atoms with Gasteiger partial charge in [0.05, 0.1) is 24.6 Å².